The Morgan fingerprint density at radius 1 is 1.77 bits per heavy atom. The van der Waals surface area contributed by atoms with Crippen LogP contribution in [0.15, 0.2) is 6.20 Å². The van der Waals surface area contributed by atoms with Crippen LogP contribution in [0.1, 0.15) is 16.1 Å². The number of nitrogens with zero attached hydrogens (tertiary/aromatic N) is 2. The zero-order valence-corrected chi connectivity index (χ0v) is 7.74. The number of carboxylic acid groups (broad SMARTS) is 1. The van der Waals surface area contributed by atoms with Crippen LogP contribution in [0.2, 0.25) is 0 Å². The number of hydrogen-bond donors (Lipinski definition) is 2. The van der Waals surface area contributed by atoms with Crippen molar-refractivity contribution in [2.24, 2.45) is 7.05 Å². The van der Waals surface area contributed by atoms with Crippen LogP contribution in [0, 0.1) is 0 Å². The average Bonchev–Trinajstić information content (AvgIpc) is 2.43. The summed E-state index contributed by atoms with van der Waals surface area (Å²) < 4.78 is 1.52. The van der Waals surface area contributed by atoms with E-state index in [1.165, 1.54) is 4.68 Å². The molecule has 0 amide bonds. The van der Waals surface area contributed by atoms with Crippen LogP contribution in [0.4, 0.5) is 0 Å². The standard InChI is InChI=1S/C8H13N3O2/c1-9-4-3-6-5-11(2)10-7(6)8(12)13/h5,9H,3-4H2,1-2H3,(H,12,13). The second kappa shape index (κ2) is 4.04. The van der Waals surface area contributed by atoms with Crippen molar-refractivity contribution in [3.05, 3.63) is 17.5 Å². The van der Waals surface area contributed by atoms with Gasteiger partial charge in [-0.05, 0) is 20.0 Å². The molecule has 0 atom stereocenters. The number of nitrogens with one attached hydrogen (secondary N) is 1. The Hall–Kier alpha value is -1.36. The molecule has 72 valence electrons. The zero-order valence-electron chi connectivity index (χ0n) is 7.74. The maximum absolute atomic E-state index is 10.7. The lowest BCUT2D eigenvalue weighted by Crippen LogP contribution is -2.12. The number of carbonyl (C=O) groups is 1. The summed E-state index contributed by atoms with van der Waals surface area (Å²) in [5.74, 6) is -0.966. The first-order valence-corrected chi connectivity index (χ1v) is 4.05. The lowest BCUT2D eigenvalue weighted by molar-refractivity contribution is 0.0688. The van der Waals surface area contributed by atoms with Crippen LogP contribution in [0.5, 0.6) is 0 Å². The molecule has 0 radical (unpaired) electrons. The van der Waals surface area contributed by atoms with E-state index in [4.69, 9.17) is 5.11 Å². The summed E-state index contributed by atoms with van der Waals surface area (Å²) in [5.41, 5.74) is 0.919. The zero-order chi connectivity index (χ0) is 9.84. The summed E-state index contributed by atoms with van der Waals surface area (Å²) in [5, 5.41) is 15.6. The largest absolute Gasteiger partial charge is 0.476 e. The van der Waals surface area contributed by atoms with Gasteiger partial charge < -0.3 is 10.4 Å². The van der Waals surface area contributed by atoms with E-state index in [0.717, 1.165) is 12.1 Å². The predicted octanol–water partition coefficient (Wildman–Crippen LogP) is -0.120. The summed E-state index contributed by atoms with van der Waals surface area (Å²) in [6, 6.07) is 0. The SMILES string of the molecule is CNCCc1cn(C)nc1C(=O)O. The third-order valence-electron chi connectivity index (χ3n) is 1.75. The van der Waals surface area contributed by atoms with Crippen LogP contribution < -0.4 is 5.32 Å². The first-order chi connectivity index (χ1) is 6.15. The highest BCUT2D eigenvalue weighted by Crippen LogP contribution is 2.06. The normalized spacial score (nSPS) is 10.3. The Labute approximate surface area is 76.4 Å². The van der Waals surface area contributed by atoms with Crippen molar-refractivity contribution >= 4 is 5.97 Å². The summed E-state index contributed by atoms with van der Waals surface area (Å²) in [7, 11) is 3.55. The van der Waals surface area contributed by atoms with E-state index >= 15 is 0 Å². The molecule has 5 heteroatoms. The quantitative estimate of drug-likeness (QED) is 0.683. The molecule has 0 spiro atoms. The van der Waals surface area contributed by atoms with Gasteiger partial charge >= 0.3 is 5.97 Å². The van der Waals surface area contributed by atoms with E-state index in [1.807, 2.05) is 7.05 Å². The van der Waals surface area contributed by atoms with Crippen molar-refractivity contribution in [1.82, 2.24) is 15.1 Å². The van der Waals surface area contributed by atoms with Gasteiger partial charge in [0.2, 0.25) is 0 Å². The maximum Gasteiger partial charge on any atom is 0.356 e. The Morgan fingerprint density at radius 2 is 2.46 bits per heavy atom. The Balaban J connectivity index is 2.84. The number of likely N-dealkylation sites (N-methyl/N-ethyl adjacent to an activating group) is 1. The lowest BCUT2D eigenvalue weighted by Gasteiger charge is -1.96. The van der Waals surface area contributed by atoms with Crippen LogP contribution in [0.3, 0.4) is 0 Å². The molecule has 1 aromatic rings. The van der Waals surface area contributed by atoms with Crippen LogP contribution >= 0.6 is 0 Å². The highest BCUT2D eigenvalue weighted by molar-refractivity contribution is 5.86. The Bertz CT molecular complexity index is 306. The Kier molecular flexibility index (Phi) is 3.02. The summed E-state index contributed by atoms with van der Waals surface area (Å²) in [6.07, 6.45) is 2.42. The van der Waals surface area contributed by atoms with E-state index in [0.29, 0.717) is 6.42 Å². The number of aromatic nitrogens is 2. The smallest absolute Gasteiger partial charge is 0.356 e. The van der Waals surface area contributed by atoms with Gasteiger partial charge in [0.15, 0.2) is 5.69 Å². The maximum atomic E-state index is 10.7. The second-order valence-electron chi connectivity index (χ2n) is 2.84. The van der Waals surface area contributed by atoms with Gasteiger partial charge in [0.1, 0.15) is 0 Å². The van der Waals surface area contributed by atoms with Gasteiger partial charge in [-0.25, -0.2) is 4.79 Å². The van der Waals surface area contributed by atoms with Crippen LogP contribution in [0.25, 0.3) is 0 Å². The third kappa shape index (κ3) is 2.29. The molecule has 13 heavy (non-hydrogen) atoms. The molecule has 0 aliphatic rings. The van der Waals surface area contributed by atoms with E-state index in [9.17, 15) is 4.79 Å². The van der Waals surface area contributed by atoms with Gasteiger partial charge in [0.05, 0.1) is 0 Å². The minimum Gasteiger partial charge on any atom is -0.476 e. The highest BCUT2D eigenvalue weighted by atomic mass is 16.4. The van der Waals surface area contributed by atoms with Crippen molar-refractivity contribution in [3.8, 4) is 0 Å². The van der Waals surface area contributed by atoms with E-state index < -0.39 is 5.97 Å². The molecule has 0 fully saturated rings. The second-order valence-corrected chi connectivity index (χ2v) is 2.84. The van der Waals surface area contributed by atoms with E-state index in [1.54, 1.807) is 13.2 Å². The fourth-order valence-corrected chi connectivity index (χ4v) is 1.16. The Morgan fingerprint density at radius 3 is 3.00 bits per heavy atom. The van der Waals surface area contributed by atoms with Gasteiger partial charge in [0, 0.05) is 18.8 Å². The summed E-state index contributed by atoms with van der Waals surface area (Å²) in [4.78, 5) is 10.7. The van der Waals surface area contributed by atoms with E-state index in [-0.39, 0.29) is 5.69 Å². The molecule has 0 saturated heterocycles. The van der Waals surface area contributed by atoms with Gasteiger partial charge in [-0.2, -0.15) is 5.10 Å². The van der Waals surface area contributed by atoms with Gasteiger partial charge in [-0.1, -0.05) is 0 Å². The monoisotopic (exact) mass is 183 g/mol. The molecule has 2 N–H and O–H groups in total. The van der Waals surface area contributed by atoms with Crippen molar-refractivity contribution in [2.45, 2.75) is 6.42 Å². The molecule has 0 unspecified atom stereocenters. The minimum absolute atomic E-state index is 0.151. The minimum atomic E-state index is -0.966. The number of aryl methyl sites for hydroxylation is 1. The molecule has 0 saturated carbocycles. The van der Waals surface area contributed by atoms with E-state index in [2.05, 4.69) is 10.4 Å². The van der Waals surface area contributed by atoms with Crippen LogP contribution in [-0.2, 0) is 13.5 Å². The highest BCUT2D eigenvalue weighted by Gasteiger charge is 2.13. The van der Waals surface area contributed by atoms with Crippen molar-refractivity contribution < 1.29 is 9.90 Å². The predicted molar refractivity (Wildman–Crippen MR) is 47.8 cm³/mol. The van der Waals surface area contributed by atoms with Crippen molar-refractivity contribution in [1.29, 1.82) is 0 Å². The number of rotatable bonds is 4. The molecule has 0 bridgehead atoms. The molecule has 1 rings (SSSR count). The fourth-order valence-electron chi connectivity index (χ4n) is 1.16. The topological polar surface area (TPSA) is 67.2 Å². The van der Waals surface area contributed by atoms with Gasteiger partial charge in [0.25, 0.3) is 0 Å². The van der Waals surface area contributed by atoms with Gasteiger partial charge in [-0.15, -0.1) is 0 Å². The molecular formula is C8H13N3O2. The first-order valence-electron chi connectivity index (χ1n) is 4.05. The molecule has 1 heterocycles. The first kappa shape index (κ1) is 9.73. The van der Waals surface area contributed by atoms with Crippen molar-refractivity contribution in [2.75, 3.05) is 13.6 Å². The molecule has 0 aromatic carbocycles. The summed E-state index contributed by atoms with van der Waals surface area (Å²) in [6.45, 7) is 0.756. The van der Waals surface area contributed by atoms with Gasteiger partial charge in [-0.3, -0.25) is 4.68 Å². The van der Waals surface area contributed by atoms with Crippen molar-refractivity contribution in [3.63, 3.8) is 0 Å². The molecule has 0 aliphatic heterocycles. The van der Waals surface area contributed by atoms with Crippen LogP contribution in [-0.4, -0.2) is 34.4 Å². The average molecular weight is 183 g/mol. The lowest BCUT2D eigenvalue weighted by atomic mass is 10.2. The fraction of sp³-hybridized carbons (Fsp3) is 0.500. The number of carboxylic acids is 1. The summed E-state index contributed by atoms with van der Waals surface area (Å²) >= 11 is 0. The molecule has 1 aromatic heterocycles. The molecule has 5 nitrogen and oxygen atoms in total. The number of aromatic carboxylic acids is 1. The third-order valence-corrected chi connectivity index (χ3v) is 1.75. The molecular weight excluding hydrogens is 170 g/mol. The number of hydrogen-bond acceptors (Lipinski definition) is 3. The molecule has 0 aliphatic carbocycles.